The molecule has 1 aromatic heterocycles. The van der Waals surface area contributed by atoms with Crippen molar-refractivity contribution in [2.24, 2.45) is 0 Å². The van der Waals surface area contributed by atoms with Crippen molar-refractivity contribution in [2.75, 3.05) is 0 Å². The van der Waals surface area contributed by atoms with Gasteiger partial charge in [0.05, 0.1) is 11.7 Å². The molecular weight excluding hydrogens is 254 g/mol. The highest BCUT2D eigenvalue weighted by molar-refractivity contribution is 8.02. The largest absolute Gasteiger partial charge is 0.549 e. The molecule has 1 aromatic carbocycles. The lowest BCUT2D eigenvalue weighted by Gasteiger charge is -2.08. The van der Waals surface area contributed by atoms with Gasteiger partial charge in [-0.3, -0.25) is 0 Å². The van der Waals surface area contributed by atoms with Crippen LogP contribution in [-0.4, -0.2) is 16.2 Å². The van der Waals surface area contributed by atoms with Gasteiger partial charge in [-0.15, -0.1) is 11.3 Å². The number of carbonyl (C=O) groups is 1. The first-order valence-corrected chi connectivity index (χ1v) is 6.81. The van der Waals surface area contributed by atoms with Gasteiger partial charge in [0.1, 0.15) is 0 Å². The Bertz CT molecular complexity index is 510. The van der Waals surface area contributed by atoms with Gasteiger partial charge >= 0.3 is 0 Å². The van der Waals surface area contributed by atoms with E-state index in [0.29, 0.717) is 0 Å². The van der Waals surface area contributed by atoms with Crippen molar-refractivity contribution in [3.63, 3.8) is 0 Å². The molecule has 0 amide bonds. The Labute approximate surface area is 108 Å². The van der Waals surface area contributed by atoms with Crippen molar-refractivity contribution in [1.82, 2.24) is 4.98 Å². The molecule has 1 heterocycles. The van der Waals surface area contributed by atoms with Gasteiger partial charge in [0.2, 0.25) is 0 Å². The third-order valence-corrected chi connectivity index (χ3v) is 4.21. The number of thiazole rings is 1. The summed E-state index contributed by atoms with van der Waals surface area (Å²) in [7, 11) is 0. The average Bonchev–Trinajstić information content (AvgIpc) is 2.78. The average molecular weight is 264 g/mol. The monoisotopic (exact) mass is 264 g/mol. The number of hydrogen-bond acceptors (Lipinski definition) is 5. The van der Waals surface area contributed by atoms with Crippen molar-refractivity contribution in [3.05, 3.63) is 35.7 Å². The lowest BCUT2D eigenvalue weighted by atomic mass is 10.2. The maximum atomic E-state index is 10.6. The van der Waals surface area contributed by atoms with Crippen LogP contribution in [0.25, 0.3) is 11.3 Å². The fraction of sp³-hybridized carbons (Fsp3) is 0.167. The molecule has 88 valence electrons. The van der Waals surface area contributed by atoms with Crippen LogP contribution in [0.1, 0.15) is 6.92 Å². The second-order valence-electron chi connectivity index (χ2n) is 3.44. The van der Waals surface area contributed by atoms with Crippen LogP contribution in [0.15, 0.2) is 40.1 Å². The molecule has 1 atom stereocenters. The van der Waals surface area contributed by atoms with Gasteiger partial charge in [-0.25, -0.2) is 4.98 Å². The molecule has 0 aliphatic heterocycles. The summed E-state index contributed by atoms with van der Waals surface area (Å²) in [6.07, 6.45) is 0. The highest BCUT2D eigenvalue weighted by atomic mass is 32.2. The van der Waals surface area contributed by atoms with Crippen LogP contribution in [0, 0.1) is 0 Å². The molecule has 2 rings (SSSR count). The number of aliphatic carboxylic acids is 1. The number of benzene rings is 1. The fourth-order valence-corrected chi connectivity index (χ4v) is 3.15. The maximum Gasteiger partial charge on any atom is 0.151 e. The molecule has 0 aliphatic carbocycles. The molecule has 0 spiro atoms. The second kappa shape index (κ2) is 5.33. The second-order valence-corrected chi connectivity index (χ2v) is 5.89. The minimum absolute atomic E-state index is 0.579. The molecule has 2 aromatic rings. The predicted octanol–water partition coefficient (Wildman–Crippen LogP) is 2.04. The molecular formula is C12H10NO2S2-. The van der Waals surface area contributed by atoms with Gasteiger partial charge in [-0.05, 0) is 6.92 Å². The highest BCUT2D eigenvalue weighted by Crippen LogP contribution is 2.30. The van der Waals surface area contributed by atoms with E-state index in [2.05, 4.69) is 4.98 Å². The number of hydrogen-bond donors (Lipinski definition) is 0. The van der Waals surface area contributed by atoms with Crippen LogP contribution < -0.4 is 5.11 Å². The first-order chi connectivity index (χ1) is 8.16. The first-order valence-electron chi connectivity index (χ1n) is 5.05. The molecule has 17 heavy (non-hydrogen) atoms. The molecule has 0 aliphatic rings. The lowest BCUT2D eigenvalue weighted by molar-refractivity contribution is -0.304. The third kappa shape index (κ3) is 3.08. The Balaban J connectivity index is 2.14. The van der Waals surface area contributed by atoms with Gasteiger partial charge in [-0.1, -0.05) is 42.1 Å². The normalized spacial score (nSPS) is 12.3. The number of aromatic nitrogens is 1. The van der Waals surface area contributed by atoms with Gasteiger partial charge in [0.15, 0.2) is 4.34 Å². The quantitative estimate of drug-likeness (QED) is 0.793. The number of carboxylic acid groups (broad SMARTS) is 1. The van der Waals surface area contributed by atoms with Gasteiger partial charge < -0.3 is 9.90 Å². The molecule has 0 N–H and O–H groups in total. The van der Waals surface area contributed by atoms with Crippen LogP contribution in [0.2, 0.25) is 0 Å². The summed E-state index contributed by atoms with van der Waals surface area (Å²) in [5.41, 5.74) is 1.92. The summed E-state index contributed by atoms with van der Waals surface area (Å²) in [5, 5.41) is 12.0. The number of carboxylic acids is 1. The number of thioether (sulfide) groups is 1. The highest BCUT2D eigenvalue weighted by Gasteiger charge is 2.09. The van der Waals surface area contributed by atoms with Crippen molar-refractivity contribution in [2.45, 2.75) is 16.5 Å². The Hall–Kier alpha value is -1.33. The Kier molecular flexibility index (Phi) is 3.81. The topological polar surface area (TPSA) is 53.0 Å². The van der Waals surface area contributed by atoms with Crippen molar-refractivity contribution < 1.29 is 9.90 Å². The van der Waals surface area contributed by atoms with E-state index in [9.17, 15) is 9.90 Å². The van der Waals surface area contributed by atoms with Crippen LogP contribution in [0.5, 0.6) is 0 Å². The van der Waals surface area contributed by atoms with E-state index in [-0.39, 0.29) is 0 Å². The zero-order valence-electron chi connectivity index (χ0n) is 9.12. The molecule has 3 nitrogen and oxygen atoms in total. The Morgan fingerprint density at radius 2 is 2.12 bits per heavy atom. The summed E-state index contributed by atoms with van der Waals surface area (Å²) in [6, 6.07) is 9.80. The molecule has 0 bridgehead atoms. The van der Waals surface area contributed by atoms with Crippen molar-refractivity contribution in [3.8, 4) is 11.3 Å². The lowest BCUT2D eigenvalue weighted by Crippen LogP contribution is -2.31. The zero-order chi connectivity index (χ0) is 12.3. The zero-order valence-corrected chi connectivity index (χ0v) is 10.8. The first kappa shape index (κ1) is 12.1. The van der Waals surface area contributed by atoms with E-state index in [1.165, 1.54) is 23.1 Å². The standard InChI is InChI=1S/C12H11NO2S2/c1-8(11(14)15)17-12-13-10(7-16-12)9-5-3-2-4-6-9/h2-8H,1H3,(H,14,15)/p-1/t8-/m0/s1. The number of nitrogens with zero attached hydrogens (tertiary/aromatic N) is 1. The van der Waals surface area contributed by atoms with E-state index < -0.39 is 11.2 Å². The molecule has 0 fully saturated rings. The van der Waals surface area contributed by atoms with Crippen LogP contribution >= 0.6 is 23.1 Å². The Morgan fingerprint density at radius 3 is 2.76 bits per heavy atom. The van der Waals surface area contributed by atoms with E-state index in [1.54, 1.807) is 6.92 Å². The summed E-state index contributed by atoms with van der Waals surface area (Å²) in [6.45, 7) is 1.60. The summed E-state index contributed by atoms with van der Waals surface area (Å²) < 4.78 is 0.751. The van der Waals surface area contributed by atoms with Crippen molar-refractivity contribution in [1.29, 1.82) is 0 Å². The van der Waals surface area contributed by atoms with E-state index in [0.717, 1.165) is 15.6 Å². The van der Waals surface area contributed by atoms with E-state index in [1.807, 2.05) is 35.7 Å². The maximum absolute atomic E-state index is 10.6. The summed E-state index contributed by atoms with van der Waals surface area (Å²) >= 11 is 2.66. The van der Waals surface area contributed by atoms with E-state index in [4.69, 9.17) is 0 Å². The smallest absolute Gasteiger partial charge is 0.151 e. The summed E-state index contributed by atoms with van der Waals surface area (Å²) in [5.74, 6) is -1.06. The molecule has 5 heteroatoms. The molecule has 0 saturated heterocycles. The van der Waals surface area contributed by atoms with Gasteiger partial charge in [0.25, 0.3) is 0 Å². The van der Waals surface area contributed by atoms with E-state index >= 15 is 0 Å². The van der Waals surface area contributed by atoms with Gasteiger partial charge in [0, 0.05) is 16.2 Å². The van der Waals surface area contributed by atoms with Crippen LogP contribution in [0.4, 0.5) is 0 Å². The SMILES string of the molecule is C[C@H](Sc1nc(-c2ccccc2)cs1)C(=O)[O-]. The minimum Gasteiger partial charge on any atom is -0.549 e. The molecule has 0 saturated carbocycles. The van der Waals surface area contributed by atoms with Gasteiger partial charge in [-0.2, -0.15) is 0 Å². The van der Waals surface area contributed by atoms with Crippen molar-refractivity contribution >= 4 is 29.1 Å². The number of rotatable bonds is 4. The number of carbonyl (C=O) groups excluding carboxylic acids is 1. The molecule has 0 radical (unpaired) electrons. The van der Waals surface area contributed by atoms with Crippen LogP contribution in [-0.2, 0) is 4.79 Å². The van der Waals surface area contributed by atoms with Crippen LogP contribution in [0.3, 0.4) is 0 Å². The third-order valence-electron chi connectivity index (χ3n) is 2.16. The fourth-order valence-electron chi connectivity index (χ4n) is 1.25. The minimum atomic E-state index is -1.06. The Morgan fingerprint density at radius 1 is 1.41 bits per heavy atom. The summed E-state index contributed by atoms with van der Waals surface area (Å²) in [4.78, 5) is 15.0. The predicted molar refractivity (Wildman–Crippen MR) is 67.9 cm³/mol. The molecule has 0 unspecified atom stereocenters.